The second-order valence-corrected chi connectivity index (χ2v) is 18.2. The van der Waals surface area contributed by atoms with E-state index in [1.807, 2.05) is 0 Å². The number of aliphatic hydroxyl groups excluding tert-OH is 1. The topological polar surface area (TPSA) is 216 Å². The smallest absolute Gasteiger partial charge is 0.266 e. The number of aromatic hydroxyl groups is 1. The minimum Gasteiger partial charge on any atom is -0.506 e. The van der Waals surface area contributed by atoms with Crippen LogP contribution in [0.5, 0.6) is 34.5 Å². The van der Waals surface area contributed by atoms with Crippen molar-refractivity contribution in [2.24, 2.45) is 0 Å². The van der Waals surface area contributed by atoms with Crippen LogP contribution >= 0.6 is 0 Å². The van der Waals surface area contributed by atoms with Gasteiger partial charge in [0.25, 0.3) is 11.1 Å². The van der Waals surface area contributed by atoms with Gasteiger partial charge >= 0.3 is 0 Å². The third-order valence-corrected chi connectivity index (χ3v) is 12.4. The number of pyridine rings is 6. The zero-order valence-corrected chi connectivity index (χ0v) is 45.0. The number of fused-ring (bicyclic) bond motifs is 2. The Kier molecular flexibility index (Phi) is 19.6. The number of rotatable bonds is 18. The lowest BCUT2D eigenvalue weighted by Gasteiger charge is -2.12. The van der Waals surface area contributed by atoms with Gasteiger partial charge in [-0.1, -0.05) is 12.1 Å². The van der Waals surface area contributed by atoms with Crippen LogP contribution in [0.4, 0.5) is 17.6 Å². The molecular formula is C62H52F4N6O11. The number of carbonyl (C=O) groups is 2. The molecule has 0 saturated carbocycles. The van der Waals surface area contributed by atoms with E-state index >= 15 is 4.39 Å². The third kappa shape index (κ3) is 14.7. The third-order valence-electron chi connectivity index (χ3n) is 12.4. The highest BCUT2D eigenvalue weighted by Crippen LogP contribution is 2.33. The van der Waals surface area contributed by atoms with Crippen LogP contribution < -0.4 is 25.3 Å². The van der Waals surface area contributed by atoms with E-state index in [1.54, 1.807) is 58.4 Å². The fourth-order valence-corrected chi connectivity index (χ4v) is 8.34. The van der Waals surface area contributed by atoms with E-state index in [0.29, 0.717) is 87.3 Å². The van der Waals surface area contributed by atoms with Crippen LogP contribution in [0.25, 0.3) is 33.4 Å². The minimum absolute atomic E-state index is 0.0550. The summed E-state index contributed by atoms with van der Waals surface area (Å²) in [5.41, 5.74) is 3.19. The maximum atomic E-state index is 15.1. The Morgan fingerprint density at radius 3 is 1.41 bits per heavy atom. The van der Waals surface area contributed by atoms with E-state index in [9.17, 15) is 37.5 Å². The zero-order valence-electron chi connectivity index (χ0n) is 45.0. The molecule has 0 aliphatic rings. The van der Waals surface area contributed by atoms with Gasteiger partial charge in [-0.3, -0.25) is 38.3 Å². The van der Waals surface area contributed by atoms with Crippen LogP contribution in [-0.2, 0) is 22.3 Å². The lowest BCUT2D eigenvalue weighted by atomic mass is 10.0. The maximum absolute atomic E-state index is 15.1. The van der Waals surface area contributed by atoms with Gasteiger partial charge in [0, 0.05) is 86.5 Å². The number of Topliss-reactive ketones (excluding diaryl/α,β-unsaturated/α-hetero) is 2. The van der Waals surface area contributed by atoms with Crippen molar-refractivity contribution in [2.45, 2.75) is 26.7 Å². The number of ether oxygens (including phenoxy) is 5. The van der Waals surface area contributed by atoms with Gasteiger partial charge < -0.3 is 33.9 Å². The van der Waals surface area contributed by atoms with Crippen LogP contribution in [0.1, 0.15) is 43.2 Å². The van der Waals surface area contributed by atoms with Crippen LogP contribution in [0, 0.1) is 37.1 Å². The van der Waals surface area contributed by atoms with Gasteiger partial charge in [-0.25, -0.2) is 27.5 Å². The molecule has 424 valence electrons. The Morgan fingerprint density at radius 2 is 0.976 bits per heavy atom. The highest BCUT2D eigenvalue weighted by molar-refractivity contribution is 5.98. The van der Waals surface area contributed by atoms with Crippen molar-refractivity contribution in [1.82, 2.24) is 29.1 Å². The molecule has 0 saturated heterocycles. The molecule has 10 aromatic rings. The molecule has 0 spiro atoms. The molecule has 0 fully saturated rings. The fourth-order valence-electron chi connectivity index (χ4n) is 8.34. The molecule has 0 aliphatic carbocycles. The number of ketones is 2. The molecule has 0 amide bonds. The molecule has 6 aromatic heterocycles. The first-order valence-corrected chi connectivity index (χ1v) is 25.4. The number of methoxy groups -OCH3 is 2. The van der Waals surface area contributed by atoms with E-state index in [-0.39, 0.29) is 53.6 Å². The number of halogens is 4. The van der Waals surface area contributed by atoms with E-state index in [2.05, 4.69) is 24.7 Å². The van der Waals surface area contributed by atoms with Crippen molar-refractivity contribution in [3.8, 4) is 45.9 Å². The molecule has 2 N–H and O–H groups in total. The SMILES string of the molecule is COCCO.COCCOc1cnc2c(Oc3ccc(CC(=O)c4ccc(C)n(-c5ccc(F)cc5)c4=O)cc3F)ccnc2c1.Cc1ccc(C(=O)Cc2ccc(Oc3ccnc4cc(O)cnc34)c(F)c2)c(=O)n1-c1ccc(F)cc1. The van der Waals surface area contributed by atoms with E-state index in [4.69, 9.17) is 24.1 Å². The van der Waals surface area contributed by atoms with Crippen molar-refractivity contribution in [2.75, 3.05) is 40.6 Å². The van der Waals surface area contributed by atoms with Crippen LogP contribution in [0.15, 0.2) is 168 Å². The first-order chi connectivity index (χ1) is 40.0. The monoisotopic (exact) mass is 1130 g/mol. The Balaban J connectivity index is 0.000000201. The molecule has 21 heteroatoms. The standard InChI is InChI=1S/C31H25F2N3O5.C28H19F2N3O4.C3H8O2/c1-19-3-9-24(31(38)36(19)22-7-5-21(32)6-8-22)27(37)16-20-4-10-28(25(33)15-20)41-29-11-12-34-26-17-23(18-35-30(26)29)40-14-13-39-2;1-16-2-8-21(28(36)33(16)19-6-4-18(29)5-7-19)24(35)13-17-3-9-25(22(30)12-17)37-26-10-11-31-23-14-20(34)15-32-27(23)26;1-5-3-2-4/h3-12,15,17-18H,13-14,16H2,1-2H3;2-12,14-15,34H,13H2,1H3;4H,2-3H2,1H3. The summed E-state index contributed by atoms with van der Waals surface area (Å²) < 4.78 is 85.8. The van der Waals surface area contributed by atoms with Crippen LogP contribution in [0.2, 0.25) is 0 Å². The maximum Gasteiger partial charge on any atom is 0.266 e. The van der Waals surface area contributed by atoms with Crippen LogP contribution in [-0.4, -0.2) is 91.5 Å². The number of benzene rings is 4. The van der Waals surface area contributed by atoms with Crippen molar-refractivity contribution < 1.29 is 61.0 Å². The molecule has 0 aliphatic heterocycles. The molecule has 4 aromatic carbocycles. The highest BCUT2D eigenvalue weighted by atomic mass is 19.1. The molecule has 0 radical (unpaired) electrons. The molecule has 0 bridgehead atoms. The summed E-state index contributed by atoms with van der Waals surface area (Å²) in [7, 11) is 3.13. The predicted molar refractivity (Wildman–Crippen MR) is 300 cm³/mol. The average Bonchev–Trinajstić information content (AvgIpc) is 3.62. The van der Waals surface area contributed by atoms with Crippen molar-refractivity contribution >= 4 is 33.6 Å². The largest absolute Gasteiger partial charge is 0.506 e. The lowest BCUT2D eigenvalue weighted by Crippen LogP contribution is -2.27. The Bertz CT molecular complexity index is 4090. The zero-order chi connectivity index (χ0) is 59.2. The number of nitrogens with zero attached hydrogens (tertiary/aromatic N) is 6. The minimum atomic E-state index is -0.707. The molecule has 0 atom stereocenters. The summed E-state index contributed by atoms with van der Waals surface area (Å²) in [6, 6.07) is 31.4. The molecular weight excluding hydrogens is 1080 g/mol. The van der Waals surface area contributed by atoms with Gasteiger partial charge in [-0.05, 0) is 122 Å². The quantitative estimate of drug-likeness (QED) is 0.0464. The summed E-state index contributed by atoms with van der Waals surface area (Å²) in [5.74, 6) is -2.41. The first-order valence-electron chi connectivity index (χ1n) is 25.4. The number of aromatic nitrogens is 6. The lowest BCUT2D eigenvalue weighted by molar-refractivity contribution is 0.0983. The van der Waals surface area contributed by atoms with Crippen molar-refractivity contribution in [3.05, 3.63) is 236 Å². The summed E-state index contributed by atoms with van der Waals surface area (Å²) in [6.07, 6.45) is 5.31. The van der Waals surface area contributed by atoms with E-state index in [1.165, 1.54) is 137 Å². The average molecular weight is 1130 g/mol. The number of carbonyl (C=O) groups excluding carboxylic acids is 2. The summed E-state index contributed by atoms with van der Waals surface area (Å²) >= 11 is 0. The van der Waals surface area contributed by atoms with Gasteiger partial charge in [0.15, 0.2) is 46.2 Å². The van der Waals surface area contributed by atoms with E-state index in [0.717, 1.165) is 0 Å². The number of aryl methyl sites for hydroxylation is 2. The van der Waals surface area contributed by atoms with Gasteiger partial charge in [-0.15, -0.1) is 0 Å². The first kappa shape index (κ1) is 59.2. The predicted octanol–water partition coefficient (Wildman–Crippen LogP) is 10.5. The highest BCUT2D eigenvalue weighted by Gasteiger charge is 2.20. The Morgan fingerprint density at radius 1 is 0.518 bits per heavy atom. The molecule has 17 nitrogen and oxygen atoms in total. The number of hydrogen-bond acceptors (Lipinski definition) is 15. The van der Waals surface area contributed by atoms with E-state index < -0.39 is 46.0 Å². The molecule has 6 heterocycles. The molecule has 83 heavy (non-hydrogen) atoms. The second kappa shape index (κ2) is 27.5. The fraction of sp³-hybridized carbons (Fsp3) is 0.161. The van der Waals surface area contributed by atoms with Gasteiger partial charge in [0.2, 0.25) is 0 Å². The summed E-state index contributed by atoms with van der Waals surface area (Å²) in [4.78, 5) is 69.1. The van der Waals surface area contributed by atoms with Crippen molar-refractivity contribution in [3.63, 3.8) is 0 Å². The summed E-state index contributed by atoms with van der Waals surface area (Å²) in [5, 5.41) is 17.5. The van der Waals surface area contributed by atoms with Gasteiger partial charge in [-0.2, -0.15) is 0 Å². The molecule has 0 unspecified atom stereocenters. The normalized spacial score (nSPS) is 10.9. The Labute approximate surface area is 471 Å². The molecule has 10 rings (SSSR count). The summed E-state index contributed by atoms with van der Waals surface area (Å²) in [6.45, 7) is 4.76. The Hall–Kier alpha value is -9.96. The van der Waals surface area contributed by atoms with Crippen molar-refractivity contribution in [1.29, 1.82) is 0 Å². The van der Waals surface area contributed by atoms with Gasteiger partial charge in [0.1, 0.15) is 40.8 Å². The number of aliphatic hydroxyl groups is 1. The second-order valence-electron chi connectivity index (χ2n) is 18.2. The van der Waals surface area contributed by atoms with Gasteiger partial charge in [0.05, 0.1) is 54.4 Å². The number of hydrogen-bond donors (Lipinski definition) is 2. The van der Waals surface area contributed by atoms with Crippen LogP contribution in [0.3, 0.4) is 0 Å².